The Hall–Kier alpha value is -2.76. The van der Waals surface area contributed by atoms with Crippen LogP contribution in [0.25, 0.3) is 0 Å². The van der Waals surface area contributed by atoms with E-state index in [4.69, 9.17) is 0 Å². The van der Waals surface area contributed by atoms with Crippen LogP contribution in [0.5, 0.6) is 0 Å². The molecule has 0 aliphatic carbocycles. The van der Waals surface area contributed by atoms with E-state index in [2.05, 4.69) is 5.32 Å². The number of rotatable bonds is 4. The molecule has 0 radical (unpaired) electrons. The Labute approximate surface area is 119 Å². The van der Waals surface area contributed by atoms with Crippen LogP contribution in [0.3, 0.4) is 0 Å². The third kappa shape index (κ3) is 3.62. The van der Waals surface area contributed by atoms with Crippen LogP contribution in [-0.4, -0.2) is 11.9 Å². The first kappa shape index (κ1) is 14.6. The molecule has 0 fully saturated rings. The van der Waals surface area contributed by atoms with Crippen molar-refractivity contribution in [3.63, 3.8) is 0 Å². The average molecular weight is 290 g/mol. The highest BCUT2D eigenvalue weighted by Gasteiger charge is 2.13. The Morgan fingerprint density at radius 1 is 1.10 bits per heavy atom. The van der Waals surface area contributed by atoms with E-state index in [1.165, 1.54) is 12.1 Å². The fourth-order valence-electron chi connectivity index (χ4n) is 1.83. The van der Waals surface area contributed by atoms with Gasteiger partial charge in [-0.1, -0.05) is 18.2 Å². The summed E-state index contributed by atoms with van der Waals surface area (Å²) in [4.78, 5) is 22.7. The lowest BCUT2D eigenvalue weighted by Crippen LogP contribution is -2.26. The summed E-state index contributed by atoms with van der Waals surface area (Å²) in [5.41, 5.74) is 0.146. The van der Waals surface area contributed by atoms with Crippen molar-refractivity contribution >= 4 is 17.6 Å². The normalized spacial score (nSPS) is 10.2. The van der Waals surface area contributed by atoms with Gasteiger partial charge in [0.05, 0.1) is 5.69 Å². The summed E-state index contributed by atoms with van der Waals surface area (Å²) in [7, 11) is 0. The number of hydrogen-bond donors (Lipinski definition) is 1. The van der Waals surface area contributed by atoms with Crippen LogP contribution in [0.1, 0.15) is 15.9 Å². The molecule has 0 aliphatic heterocycles. The van der Waals surface area contributed by atoms with Crippen molar-refractivity contribution in [3.8, 4) is 0 Å². The van der Waals surface area contributed by atoms with Crippen molar-refractivity contribution < 1.29 is 23.5 Å². The van der Waals surface area contributed by atoms with Gasteiger partial charge in [-0.2, -0.15) is 0 Å². The molecule has 0 atom stereocenters. The van der Waals surface area contributed by atoms with Crippen LogP contribution in [0.4, 0.5) is 14.5 Å². The van der Waals surface area contributed by atoms with Crippen LogP contribution >= 0.6 is 0 Å². The van der Waals surface area contributed by atoms with Gasteiger partial charge in [-0.3, -0.25) is 4.79 Å². The quantitative estimate of drug-likeness (QED) is 0.928. The van der Waals surface area contributed by atoms with Gasteiger partial charge in [0, 0.05) is 24.0 Å². The summed E-state index contributed by atoms with van der Waals surface area (Å²) in [6, 6.07) is 8.74. The highest BCUT2D eigenvalue weighted by atomic mass is 19.1. The molecule has 0 spiro atoms. The van der Waals surface area contributed by atoms with Crippen LogP contribution in [0.2, 0.25) is 0 Å². The largest absolute Gasteiger partial charge is 0.550 e. The fraction of sp³-hybridized carbons (Fsp3) is 0.0667. The predicted molar refractivity (Wildman–Crippen MR) is 69.5 cm³/mol. The molecule has 0 saturated carbocycles. The Balaban J connectivity index is 2.26. The van der Waals surface area contributed by atoms with Gasteiger partial charge in [0.2, 0.25) is 0 Å². The monoisotopic (exact) mass is 290 g/mol. The van der Waals surface area contributed by atoms with Gasteiger partial charge in [-0.05, 0) is 23.8 Å². The first-order valence-corrected chi connectivity index (χ1v) is 6.01. The maximum absolute atomic E-state index is 13.5. The Morgan fingerprint density at radius 3 is 2.48 bits per heavy atom. The second-order valence-electron chi connectivity index (χ2n) is 4.28. The summed E-state index contributed by atoms with van der Waals surface area (Å²) in [5, 5.41) is 12.9. The molecule has 1 amide bonds. The molecule has 0 aliphatic rings. The molecule has 21 heavy (non-hydrogen) atoms. The Morgan fingerprint density at radius 2 is 1.81 bits per heavy atom. The summed E-state index contributed by atoms with van der Waals surface area (Å²) < 4.78 is 26.3. The zero-order chi connectivity index (χ0) is 15.4. The summed E-state index contributed by atoms with van der Waals surface area (Å²) >= 11 is 0. The number of aliphatic carboxylic acids is 1. The molecule has 0 aromatic heterocycles. The number of nitrogens with one attached hydrogen (secondary N) is 1. The average Bonchev–Trinajstić information content (AvgIpc) is 2.42. The van der Waals surface area contributed by atoms with Crippen molar-refractivity contribution in [2.24, 2.45) is 0 Å². The van der Waals surface area contributed by atoms with E-state index in [1.807, 2.05) is 0 Å². The van der Waals surface area contributed by atoms with Crippen LogP contribution < -0.4 is 10.4 Å². The lowest BCUT2D eigenvalue weighted by Gasteiger charge is -2.11. The van der Waals surface area contributed by atoms with Crippen LogP contribution in [0, 0.1) is 11.6 Å². The van der Waals surface area contributed by atoms with Gasteiger partial charge in [0.1, 0.15) is 11.6 Å². The SMILES string of the molecule is O=C([O-])Cc1ccccc1C(=O)Nc1ccc(F)cc1F. The van der Waals surface area contributed by atoms with Crippen molar-refractivity contribution in [1.29, 1.82) is 0 Å². The van der Waals surface area contributed by atoms with Crippen LogP contribution in [-0.2, 0) is 11.2 Å². The maximum Gasteiger partial charge on any atom is 0.256 e. The van der Waals surface area contributed by atoms with Gasteiger partial charge >= 0.3 is 0 Å². The van der Waals surface area contributed by atoms with Gasteiger partial charge < -0.3 is 15.2 Å². The zero-order valence-corrected chi connectivity index (χ0v) is 10.7. The molecule has 1 N–H and O–H groups in total. The highest BCUT2D eigenvalue weighted by Crippen LogP contribution is 2.17. The van der Waals surface area contributed by atoms with Crippen LogP contribution in [0.15, 0.2) is 42.5 Å². The first-order chi connectivity index (χ1) is 9.97. The molecule has 2 aromatic rings. The molecule has 2 aromatic carbocycles. The number of benzene rings is 2. The van der Waals surface area contributed by atoms with E-state index in [0.29, 0.717) is 6.07 Å². The molecular formula is C15H10F2NO3-. The standard InChI is InChI=1S/C15H11F2NO3/c16-10-5-6-13(12(17)8-10)18-15(21)11-4-2-1-3-9(11)7-14(19)20/h1-6,8H,7H2,(H,18,21)(H,19,20)/p-1. The Bertz CT molecular complexity index is 701. The first-order valence-electron chi connectivity index (χ1n) is 6.01. The van der Waals surface area contributed by atoms with E-state index >= 15 is 0 Å². The third-order valence-corrected chi connectivity index (χ3v) is 2.78. The lowest BCUT2D eigenvalue weighted by molar-refractivity contribution is -0.304. The molecule has 0 bridgehead atoms. The van der Waals surface area contributed by atoms with E-state index < -0.39 is 29.9 Å². The molecule has 4 nitrogen and oxygen atoms in total. The molecule has 108 valence electrons. The van der Waals surface area contributed by atoms with E-state index in [1.54, 1.807) is 12.1 Å². The maximum atomic E-state index is 13.5. The molecule has 0 heterocycles. The summed E-state index contributed by atoms with van der Waals surface area (Å²) in [6.07, 6.45) is -0.435. The highest BCUT2D eigenvalue weighted by molar-refractivity contribution is 6.05. The summed E-state index contributed by atoms with van der Waals surface area (Å²) in [5.74, 6) is -3.69. The zero-order valence-electron chi connectivity index (χ0n) is 10.7. The van der Waals surface area contributed by atoms with E-state index in [9.17, 15) is 23.5 Å². The Kier molecular flexibility index (Phi) is 4.27. The van der Waals surface area contributed by atoms with Crippen molar-refractivity contribution in [1.82, 2.24) is 0 Å². The number of anilines is 1. The number of halogens is 2. The molecular weight excluding hydrogens is 280 g/mol. The topological polar surface area (TPSA) is 69.2 Å². The van der Waals surface area contributed by atoms with Gasteiger partial charge in [-0.15, -0.1) is 0 Å². The second kappa shape index (κ2) is 6.13. The van der Waals surface area contributed by atoms with Gasteiger partial charge in [-0.25, -0.2) is 8.78 Å². The van der Waals surface area contributed by atoms with E-state index in [-0.39, 0.29) is 16.8 Å². The number of carboxylic acids is 1. The van der Waals surface area contributed by atoms with E-state index in [0.717, 1.165) is 12.1 Å². The summed E-state index contributed by atoms with van der Waals surface area (Å²) in [6.45, 7) is 0. The molecule has 0 unspecified atom stereocenters. The number of carboxylic acid groups (broad SMARTS) is 1. The molecule has 2 rings (SSSR count). The number of amides is 1. The lowest BCUT2D eigenvalue weighted by atomic mass is 10.0. The predicted octanol–water partition coefficient (Wildman–Crippen LogP) is 1.51. The molecule has 6 heteroatoms. The number of hydrogen-bond acceptors (Lipinski definition) is 3. The minimum absolute atomic E-state index is 0.0884. The van der Waals surface area contributed by atoms with Crippen molar-refractivity contribution in [2.75, 3.05) is 5.32 Å². The second-order valence-corrected chi connectivity index (χ2v) is 4.28. The third-order valence-electron chi connectivity index (χ3n) is 2.78. The molecule has 0 saturated heterocycles. The minimum Gasteiger partial charge on any atom is -0.550 e. The van der Waals surface area contributed by atoms with Gasteiger partial charge in [0.15, 0.2) is 0 Å². The van der Waals surface area contributed by atoms with Gasteiger partial charge in [0.25, 0.3) is 5.91 Å². The fourth-order valence-corrected chi connectivity index (χ4v) is 1.83. The number of carbonyl (C=O) groups is 2. The minimum atomic E-state index is -1.33. The van der Waals surface area contributed by atoms with Crippen molar-refractivity contribution in [2.45, 2.75) is 6.42 Å². The number of carbonyl (C=O) groups excluding carboxylic acids is 2. The van der Waals surface area contributed by atoms with Crippen molar-refractivity contribution in [3.05, 3.63) is 65.2 Å². The smallest absolute Gasteiger partial charge is 0.256 e.